The second-order valence-electron chi connectivity index (χ2n) is 2.93. The molecule has 1 aromatic carbocycles. The summed E-state index contributed by atoms with van der Waals surface area (Å²) in [6, 6.07) is 5.56. The van der Waals surface area contributed by atoms with Crippen LogP contribution in [0.2, 0.25) is 0 Å². The first-order valence-electron chi connectivity index (χ1n) is 4.14. The van der Waals surface area contributed by atoms with Crippen molar-refractivity contribution in [3.63, 3.8) is 0 Å². The first-order valence-corrected chi connectivity index (χ1v) is 4.14. The van der Waals surface area contributed by atoms with Crippen LogP contribution in [0.3, 0.4) is 0 Å². The van der Waals surface area contributed by atoms with Crippen molar-refractivity contribution in [1.29, 1.82) is 0 Å². The minimum atomic E-state index is -1.05. The predicted molar refractivity (Wildman–Crippen MR) is 48.1 cm³/mol. The van der Waals surface area contributed by atoms with Crippen LogP contribution in [0.25, 0.3) is 0 Å². The third-order valence-electron chi connectivity index (χ3n) is 2.00. The summed E-state index contributed by atoms with van der Waals surface area (Å²) in [4.78, 5) is 10.5. The SMILES string of the molecule is O=C(O)c1ccc(C(CF)CF)cc1. The number of hydrogen-bond donors (Lipinski definition) is 1. The van der Waals surface area contributed by atoms with Gasteiger partial charge in [0.1, 0.15) is 0 Å². The van der Waals surface area contributed by atoms with Gasteiger partial charge in [-0.2, -0.15) is 0 Å². The fraction of sp³-hybridized carbons (Fsp3) is 0.300. The van der Waals surface area contributed by atoms with Crippen molar-refractivity contribution in [2.45, 2.75) is 5.92 Å². The molecule has 2 nitrogen and oxygen atoms in total. The molecule has 0 heterocycles. The quantitative estimate of drug-likeness (QED) is 0.810. The number of benzene rings is 1. The highest BCUT2D eigenvalue weighted by Crippen LogP contribution is 2.17. The molecule has 0 aliphatic heterocycles. The Morgan fingerprint density at radius 2 is 1.71 bits per heavy atom. The molecule has 14 heavy (non-hydrogen) atoms. The molecule has 0 spiro atoms. The monoisotopic (exact) mass is 200 g/mol. The molecule has 0 unspecified atom stereocenters. The van der Waals surface area contributed by atoms with Gasteiger partial charge in [0.15, 0.2) is 0 Å². The fourth-order valence-corrected chi connectivity index (χ4v) is 1.12. The molecule has 1 aromatic rings. The zero-order valence-electron chi connectivity index (χ0n) is 7.41. The van der Waals surface area contributed by atoms with E-state index >= 15 is 0 Å². The standard InChI is InChI=1S/C10H10F2O2/c11-5-9(6-12)7-1-3-8(4-2-7)10(13)14/h1-4,9H,5-6H2,(H,13,14). The Bertz CT molecular complexity index is 304. The number of alkyl halides is 2. The van der Waals surface area contributed by atoms with E-state index in [9.17, 15) is 13.6 Å². The molecule has 0 saturated heterocycles. The third kappa shape index (κ3) is 2.28. The van der Waals surface area contributed by atoms with Gasteiger partial charge in [0.25, 0.3) is 0 Å². The minimum Gasteiger partial charge on any atom is -0.478 e. The highest BCUT2D eigenvalue weighted by molar-refractivity contribution is 5.87. The Morgan fingerprint density at radius 1 is 1.21 bits per heavy atom. The van der Waals surface area contributed by atoms with Crippen LogP contribution < -0.4 is 0 Å². The topological polar surface area (TPSA) is 37.3 Å². The predicted octanol–water partition coefficient (Wildman–Crippen LogP) is 2.41. The first-order chi connectivity index (χ1) is 6.69. The van der Waals surface area contributed by atoms with E-state index in [0.29, 0.717) is 5.56 Å². The van der Waals surface area contributed by atoms with Crippen molar-refractivity contribution >= 4 is 5.97 Å². The molecule has 76 valence electrons. The molecular weight excluding hydrogens is 190 g/mol. The van der Waals surface area contributed by atoms with E-state index in [0.717, 1.165) is 0 Å². The molecule has 0 atom stereocenters. The second-order valence-corrected chi connectivity index (χ2v) is 2.93. The van der Waals surface area contributed by atoms with Gasteiger partial charge >= 0.3 is 5.97 Å². The van der Waals surface area contributed by atoms with Crippen LogP contribution >= 0.6 is 0 Å². The van der Waals surface area contributed by atoms with Crippen LogP contribution in [0, 0.1) is 0 Å². The summed E-state index contributed by atoms with van der Waals surface area (Å²) in [5.41, 5.74) is 0.602. The van der Waals surface area contributed by atoms with E-state index in [1.807, 2.05) is 0 Å². The van der Waals surface area contributed by atoms with Crippen molar-refractivity contribution in [3.05, 3.63) is 35.4 Å². The van der Waals surface area contributed by atoms with E-state index in [4.69, 9.17) is 5.11 Å². The molecule has 0 amide bonds. The molecule has 4 heteroatoms. The maximum absolute atomic E-state index is 12.2. The Labute approximate surface area is 80.2 Å². The zero-order valence-corrected chi connectivity index (χ0v) is 7.41. The lowest BCUT2D eigenvalue weighted by molar-refractivity contribution is 0.0697. The van der Waals surface area contributed by atoms with Crippen LogP contribution in [0.4, 0.5) is 8.78 Å². The molecule has 0 saturated carbocycles. The molecule has 0 aliphatic carbocycles. The average Bonchev–Trinajstić information content (AvgIpc) is 2.20. The smallest absolute Gasteiger partial charge is 0.335 e. The molecule has 0 aromatic heterocycles. The van der Waals surface area contributed by atoms with Crippen LogP contribution in [0.15, 0.2) is 24.3 Å². The van der Waals surface area contributed by atoms with E-state index in [1.165, 1.54) is 24.3 Å². The number of rotatable bonds is 4. The maximum atomic E-state index is 12.2. The zero-order chi connectivity index (χ0) is 10.6. The van der Waals surface area contributed by atoms with Gasteiger partial charge in [-0.1, -0.05) is 12.1 Å². The summed E-state index contributed by atoms with van der Waals surface area (Å²) in [6.45, 7) is -1.55. The van der Waals surface area contributed by atoms with E-state index in [1.54, 1.807) is 0 Å². The number of carboxylic acids is 1. The highest BCUT2D eigenvalue weighted by Gasteiger charge is 2.11. The van der Waals surface area contributed by atoms with Gasteiger partial charge in [0, 0.05) is 5.92 Å². The molecule has 1 rings (SSSR count). The maximum Gasteiger partial charge on any atom is 0.335 e. The van der Waals surface area contributed by atoms with Gasteiger partial charge in [0.05, 0.1) is 18.9 Å². The third-order valence-corrected chi connectivity index (χ3v) is 2.00. The molecule has 1 N–H and O–H groups in total. The van der Waals surface area contributed by atoms with E-state index in [-0.39, 0.29) is 5.56 Å². The van der Waals surface area contributed by atoms with Crippen molar-refractivity contribution in [2.75, 3.05) is 13.3 Å². The molecule has 0 radical (unpaired) electrons. The normalized spacial score (nSPS) is 10.5. The van der Waals surface area contributed by atoms with Crippen molar-refractivity contribution in [1.82, 2.24) is 0 Å². The lowest BCUT2D eigenvalue weighted by atomic mass is 10.0. The summed E-state index contributed by atoms with van der Waals surface area (Å²) in [5, 5.41) is 8.58. The number of hydrogen-bond acceptors (Lipinski definition) is 1. The molecule has 0 aliphatic rings. The first kappa shape index (κ1) is 10.6. The Morgan fingerprint density at radius 3 is 2.07 bits per heavy atom. The van der Waals surface area contributed by atoms with Crippen molar-refractivity contribution in [2.24, 2.45) is 0 Å². The Kier molecular flexibility index (Phi) is 3.56. The Hall–Kier alpha value is -1.45. The van der Waals surface area contributed by atoms with E-state index < -0.39 is 25.2 Å². The summed E-state index contributed by atoms with van der Waals surface area (Å²) >= 11 is 0. The number of carbonyl (C=O) groups is 1. The van der Waals surface area contributed by atoms with Crippen molar-refractivity contribution < 1.29 is 18.7 Å². The second kappa shape index (κ2) is 4.69. The van der Waals surface area contributed by atoms with Gasteiger partial charge in [-0.3, -0.25) is 8.78 Å². The van der Waals surface area contributed by atoms with Crippen LogP contribution in [-0.2, 0) is 0 Å². The number of halogens is 2. The van der Waals surface area contributed by atoms with Gasteiger partial charge in [-0.15, -0.1) is 0 Å². The lowest BCUT2D eigenvalue weighted by Crippen LogP contribution is -2.04. The van der Waals surface area contributed by atoms with Crippen LogP contribution in [-0.4, -0.2) is 24.4 Å². The molecule has 0 fully saturated rings. The molecular formula is C10H10F2O2. The van der Waals surface area contributed by atoms with Gasteiger partial charge in [0.2, 0.25) is 0 Å². The van der Waals surface area contributed by atoms with Crippen LogP contribution in [0.5, 0.6) is 0 Å². The number of aromatic carboxylic acids is 1. The van der Waals surface area contributed by atoms with E-state index in [2.05, 4.69) is 0 Å². The highest BCUT2D eigenvalue weighted by atomic mass is 19.1. The van der Waals surface area contributed by atoms with Gasteiger partial charge in [-0.05, 0) is 17.7 Å². The summed E-state index contributed by atoms with van der Waals surface area (Å²) in [7, 11) is 0. The lowest BCUT2D eigenvalue weighted by Gasteiger charge is -2.08. The van der Waals surface area contributed by atoms with Crippen LogP contribution in [0.1, 0.15) is 21.8 Å². The minimum absolute atomic E-state index is 0.116. The van der Waals surface area contributed by atoms with Gasteiger partial charge in [-0.25, -0.2) is 4.79 Å². The average molecular weight is 200 g/mol. The Balaban J connectivity index is 2.87. The van der Waals surface area contributed by atoms with Gasteiger partial charge < -0.3 is 5.11 Å². The summed E-state index contributed by atoms with van der Waals surface area (Å²) < 4.78 is 24.5. The largest absolute Gasteiger partial charge is 0.478 e. The van der Waals surface area contributed by atoms with Crippen molar-refractivity contribution in [3.8, 4) is 0 Å². The fourth-order valence-electron chi connectivity index (χ4n) is 1.12. The summed E-state index contributed by atoms with van der Waals surface area (Å²) in [6.07, 6.45) is 0. The summed E-state index contributed by atoms with van der Waals surface area (Å²) in [5.74, 6) is -1.83. The molecule has 0 bridgehead atoms. The number of carboxylic acid groups (broad SMARTS) is 1.